The van der Waals surface area contributed by atoms with Crippen LogP contribution < -0.4 is 10.7 Å². The second kappa shape index (κ2) is 8.92. The molecule has 0 fully saturated rings. The molecular formula is C27H23Cl2N5O2. The Morgan fingerprint density at radius 2 is 1.64 bits per heavy atom. The number of aliphatic hydroxyl groups is 1. The highest BCUT2D eigenvalue weighted by molar-refractivity contribution is 6.31. The molecule has 0 bridgehead atoms. The van der Waals surface area contributed by atoms with E-state index in [0.29, 0.717) is 28.2 Å². The lowest BCUT2D eigenvalue weighted by Crippen LogP contribution is -2.37. The zero-order valence-corrected chi connectivity index (χ0v) is 20.8. The highest BCUT2D eigenvalue weighted by Gasteiger charge is 2.49. The second-order valence-corrected chi connectivity index (χ2v) is 9.97. The Morgan fingerprint density at radius 1 is 0.944 bits per heavy atom. The number of aromatic nitrogens is 3. The van der Waals surface area contributed by atoms with Crippen molar-refractivity contribution in [2.75, 3.05) is 18.2 Å². The van der Waals surface area contributed by atoms with E-state index in [4.69, 9.17) is 28.3 Å². The normalized spacial score (nSPS) is 18.6. The zero-order chi connectivity index (χ0) is 24.9. The molecule has 1 N–H and O–H groups in total. The Balaban J connectivity index is 1.51. The molecule has 0 amide bonds. The van der Waals surface area contributed by atoms with Crippen LogP contribution in [0.4, 0.5) is 5.95 Å². The number of nitrogens with zero attached hydrogens (tertiary/aromatic N) is 5. The molecule has 182 valence electrons. The van der Waals surface area contributed by atoms with Crippen LogP contribution in [0.25, 0.3) is 5.69 Å². The van der Waals surface area contributed by atoms with Crippen LogP contribution in [0, 0.1) is 0 Å². The summed E-state index contributed by atoms with van der Waals surface area (Å²) in [6.07, 6.45) is 1.84. The topological polar surface area (TPSA) is 75.7 Å². The highest BCUT2D eigenvalue weighted by atomic mass is 35.5. The zero-order valence-electron chi connectivity index (χ0n) is 19.3. The number of benzene rings is 3. The maximum absolute atomic E-state index is 13.4. The van der Waals surface area contributed by atoms with E-state index in [0.717, 1.165) is 24.1 Å². The molecule has 1 aliphatic carbocycles. The van der Waals surface area contributed by atoms with Crippen molar-refractivity contribution in [3.63, 3.8) is 0 Å². The first-order valence-electron chi connectivity index (χ1n) is 11.8. The number of hydrazone groups is 1. The van der Waals surface area contributed by atoms with Gasteiger partial charge in [0.25, 0.3) is 0 Å². The van der Waals surface area contributed by atoms with E-state index < -0.39 is 0 Å². The first-order valence-corrected chi connectivity index (χ1v) is 12.5. The first-order chi connectivity index (χ1) is 17.5. The van der Waals surface area contributed by atoms with Crippen LogP contribution in [-0.2, 0) is 18.4 Å². The quantitative estimate of drug-likeness (QED) is 0.422. The summed E-state index contributed by atoms with van der Waals surface area (Å²) in [7, 11) is 0. The average molecular weight is 520 g/mol. The fourth-order valence-electron chi connectivity index (χ4n) is 5.36. The third-order valence-electron chi connectivity index (χ3n) is 7.03. The van der Waals surface area contributed by atoms with Crippen LogP contribution in [0.15, 0.2) is 82.7 Å². The molecule has 3 aromatic carbocycles. The van der Waals surface area contributed by atoms with E-state index in [-0.39, 0.29) is 24.3 Å². The van der Waals surface area contributed by atoms with Crippen molar-refractivity contribution >= 4 is 34.9 Å². The number of hydrogen-bond donors (Lipinski definition) is 1. The third-order valence-corrected chi connectivity index (χ3v) is 7.54. The van der Waals surface area contributed by atoms with Crippen molar-refractivity contribution in [1.29, 1.82) is 0 Å². The van der Waals surface area contributed by atoms with Gasteiger partial charge in [-0.05, 0) is 65.9 Å². The molecule has 0 saturated carbocycles. The molecule has 1 aliphatic heterocycles. The summed E-state index contributed by atoms with van der Waals surface area (Å²) in [4.78, 5) is 13.4. The number of hydrogen-bond acceptors (Lipinski definition) is 5. The first kappa shape index (κ1) is 23.0. The monoisotopic (exact) mass is 519 g/mol. The van der Waals surface area contributed by atoms with Crippen molar-refractivity contribution in [1.82, 2.24) is 14.3 Å². The molecule has 1 unspecified atom stereocenters. The molecule has 6 rings (SSSR count). The fourth-order valence-corrected chi connectivity index (χ4v) is 5.61. The lowest BCUT2D eigenvalue weighted by molar-refractivity contribution is 0.274. The number of halogens is 2. The van der Waals surface area contributed by atoms with E-state index in [1.165, 1.54) is 20.4 Å². The van der Waals surface area contributed by atoms with E-state index in [1.54, 1.807) is 29.3 Å². The molecule has 2 heterocycles. The van der Waals surface area contributed by atoms with Crippen LogP contribution in [0.3, 0.4) is 0 Å². The molecule has 7 nitrogen and oxygen atoms in total. The van der Waals surface area contributed by atoms with E-state index >= 15 is 0 Å². The van der Waals surface area contributed by atoms with Crippen LogP contribution in [0.5, 0.6) is 0 Å². The molecule has 1 atom stereocenters. The van der Waals surface area contributed by atoms with Gasteiger partial charge in [0, 0.05) is 10.0 Å². The van der Waals surface area contributed by atoms with Gasteiger partial charge in [0.15, 0.2) is 0 Å². The minimum absolute atomic E-state index is 0.105. The van der Waals surface area contributed by atoms with Crippen molar-refractivity contribution in [3.8, 4) is 5.69 Å². The largest absolute Gasteiger partial charge is 0.395 e. The minimum atomic E-state index is -0.353. The van der Waals surface area contributed by atoms with Gasteiger partial charge < -0.3 is 5.11 Å². The Kier molecular flexibility index (Phi) is 5.71. The molecular weight excluding hydrogens is 497 g/mol. The van der Waals surface area contributed by atoms with Crippen LogP contribution >= 0.6 is 23.2 Å². The van der Waals surface area contributed by atoms with Gasteiger partial charge in [-0.25, -0.2) is 9.80 Å². The molecule has 4 aromatic rings. The highest BCUT2D eigenvalue weighted by Crippen LogP contribution is 2.46. The van der Waals surface area contributed by atoms with Crippen LogP contribution in [-0.4, -0.2) is 38.3 Å². The van der Waals surface area contributed by atoms with Gasteiger partial charge >= 0.3 is 5.69 Å². The van der Waals surface area contributed by atoms with E-state index in [1.807, 2.05) is 24.3 Å². The smallest absolute Gasteiger partial charge is 0.352 e. The summed E-state index contributed by atoms with van der Waals surface area (Å²) >= 11 is 12.2. The van der Waals surface area contributed by atoms with Crippen LogP contribution in [0.2, 0.25) is 10.0 Å². The summed E-state index contributed by atoms with van der Waals surface area (Å²) < 4.78 is 2.80. The Hall–Kier alpha value is -3.39. The van der Waals surface area contributed by atoms with Crippen molar-refractivity contribution in [2.24, 2.45) is 5.10 Å². The summed E-state index contributed by atoms with van der Waals surface area (Å²) in [5.74, 6) is 0.386. The van der Waals surface area contributed by atoms with Crippen LogP contribution in [0.1, 0.15) is 23.1 Å². The maximum Gasteiger partial charge on any atom is 0.352 e. The summed E-state index contributed by atoms with van der Waals surface area (Å²) in [5.41, 5.74) is 4.34. The summed E-state index contributed by atoms with van der Waals surface area (Å²) in [6.45, 7) is 0.437. The fraction of sp³-hybridized carbons (Fsp3) is 0.222. The molecule has 2 aliphatic rings. The third kappa shape index (κ3) is 3.66. The SMILES string of the molecule is O=c1n(-c2ccc(Cl)cc2)nc(N2CC3(CCc4ccccc43)C(c3ccc(Cl)cc3)=N2)n1CCO. The van der Waals surface area contributed by atoms with Crippen molar-refractivity contribution in [2.45, 2.75) is 24.8 Å². The molecule has 36 heavy (non-hydrogen) atoms. The summed E-state index contributed by atoms with van der Waals surface area (Å²) in [5, 5.41) is 22.5. The van der Waals surface area contributed by atoms with Gasteiger partial charge in [-0.1, -0.05) is 59.6 Å². The van der Waals surface area contributed by atoms with Crippen molar-refractivity contribution < 1.29 is 5.11 Å². The van der Waals surface area contributed by atoms with Gasteiger partial charge in [0.05, 0.1) is 36.5 Å². The Morgan fingerprint density at radius 3 is 2.36 bits per heavy atom. The molecule has 1 spiro atoms. The summed E-state index contributed by atoms with van der Waals surface area (Å²) in [6, 6.07) is 23.1. The number of anilines is 1. The molecule has 0 radical (unpaired) electrons. The standard InChI is InChI=1S/C27H23Cl2N5O2/c28-20-7-5-19(6-8-20)24-27(14-13-18-3-1-2-4-23(18)27)17-33(30-24)25-31-34(26(36)32(25)15-16-35)22-11-9-21(29)10-12-22/h1-12,35H,13-17H2. The predicted octanol–water partition coefficient (Wildman–Crippen LogP) is 4.44. The lowest BCUT2D eigenvalue weighted by atomic mass is 9.75. The molecule has 1 aromatic heterocycles. The average Bonchev–Trinajstić information content (AvgIpc) is 3.56. The Bertz CT molecular complexity index is 1530. The minimum Gasteiger partial charge on any atom is -0.395 e. The number of aryl methyl sites for hydroxylation is 1. The maximum atomic E-state index is 13.4. The lowest BCUT2D eigenvalue weighted by Gasteiger charge is -2.27. The van der Waals surface area contributed by atoms with Gasteiger partial charge in [0.1, 0.15) is 0 Å². The molecule has 9 heteroatoms. The van der Waals surface area contributed by atoms with E-state index in [2.05, 4.69) is 29.4 Å². The van der Waals surface area contributed by atoms with Gasteiger partial charge in [-0.3, -0.25) is 4.57 Å². The number of rotatable bonds is 5. The Labute approximate surface area is 217 Å². The number of fused-ring (bicyclic) bond motifs is 2. The van der Waals surface area contributed by atoms with Crippen molar-refractivity contribution in [3.05, 3.63) is 110 Å². The van der Waals surface area contributed by atoms with Gasteiger partial charge in [-0.15, -0.1) is 5.10 Å². The number of aliphatic hydroxyl groups excluding tert-OH is 1. The second-order valence-electron chi connectivity index (χ2n) is 9.10. The molecule has 0 saturated heterocycles. The van der Waals surface area contributed by atoms with Gasteiger partial charge in [-0.2, -0.15) is 9.78 Å². The van der Waals surface area contributed by atoms with E-state index in [9.17, 15) is 9.90 Å². The predicted molar refractivity (Wildman–Crippen MR) is 142 cm³/mol. The van der Waals surface area contributed by atoms with Gasteiger partial charge in [0.2, 0.25) is 5.95 Å².